The molecule has 0 amide bonds. The van der Waals surface area contributed by atoms with Gasteiger partial charge in [0, 0.05) is 12.3 Å². The molecule has 0 bridgehead atoms. The Balaban J connectivity index is 3.34. The molecule has 0 atom stereocenters. The van der Waals surface area contributed by atoms with E-state index in [4.69, 9.17) is 10.4 Å². The molecule has 10 heavy (non-hydrogen) atoms. The van der Waals surface area contributed by atoms with E-state index in [1.165, 1.54) is 6.20 Å². The van der Waals surface area contributed by atoms with E-state index in [0.29, 0.717) is 0 Å². The Morgan fingerprint density at radius 3 is 2.90 bits per heavy atom. The zero-order chi connectivity index (χ0) is 7.56. The second kappa shape index (κ2) is 2.23. The van der Waals surface area contributed by atoms with E-state index in [0.717, 1.165) is 6.07 Å². The molecule has 0 saturated carbocycles. The van der Waals surface area contributed by atoms with Crippen LogP contribution in [0.1, 0.15) is 5.56 Å². The van der Waals surface area contributed by atoms with Crippen molar-refractivity contribution in [1.29, 1.82) is 5.26 Å². The van der Waals surface area contributed by atoms with Gasteiger partial charge in [-0.05, 0) is 0 Å². The standard InChI is InChI=1S/C6H4N2O2/c7-2-4-1-5(9)6(10)8-3-4/h1,3,9H,(H,8,10). The lowest BCUT2D eigenvalue weighted by Crippen LogP contribution is -2.03. The maximum Gasteiger partial charge on any atom is 0.290 e. The van der Waals surface area contributed by atoms with Gasteiger partial charge in [0.25, 0.3) is 5.56 Å². The number of pyridine rings is 1. The minimum Gasteiger partial charge on any atom is -0.503 e. The van der Waals surface area contributed by atoms with E-state index < -0.39 is 11.3 Å². The third-order valence-electron chi connectivity index (χ3n) is 1.01. The number of aromatic nitrogens is 1. The molecule has 0 aliphatic carbocycles. The lowest BCUT2D eigenvalue weighted by atomic mass is 10.3. The minimum absolute atomic E-state index is 0.233. The lowest BCUT2D eigenvalue weighted by molar-refractivity contribution is 0.466. The molecule has 0 aromatic carbocycles. The van der Waals surface area contributed by atoms with Gasteiger partial charge in [-0.3, -0.25) is 4.79 Å². The van der Waals surface area contributed by atoms with Crippen molar-refractivity contribution < 1.29 is 5.11 Å². The van der Waals surface area contributed by atoms with Gasteiger partial charge in [0.05, 0.1) is 5.56 Å². The molecule has 50 valence electrons. The van der Waals surface area contributed by atoms with Crippen LogP contribution in [-0.4, -0.2) is 10.1 Å². The molecule has 1 heterocycles. The van der Waals surface area contributed by atoms with Crippen molar-refractivity contribution in [2.45, 2.75) is 0 Å². The summed E-state index contributed by atoms with van der Waals surface area (Å²) in [5.74, 6) is -0.431. The summed E-state index contributed by atoms with van der Waals surface area (Å²) >= 11 is 0. The van der Waals surface area contributed by atoms with Crippen LogP contribution in [0.2, 0.25) is 0 Å². The molecule has 4 heteroatoms. The van der Waals surface area contributed by atoms with Crippen LogP contribution < -0.4 is 5.56 Å². The SMILES string of the molecule is N#Cc1c[nH]c(=O)c(O)c1. The van der Waals surface area contributed by atoms with Crippen molar-refractivity contribution in [2.24, 2.45) is 0 Å². The summed E-state index contributed by atoms with van der Waals surface area (Å²) in [5, 5.41) is 17.0. The van der Waals surface area contributed by atoms with E-state index in [2.05, 4.69) is 4.98 Å². The van der Waals surface area contributed by atoms with Crippen LogP contribution in [0.5, 0.6) is 5.75 Å². The molecule has 0 aliphatic rings. The normalized spacial score (nSPS) is 8.70. The highest BCUT2D eigenvalue weighted by Crippen LogP contribution is 2.00. The molecule has 1 aromatic heterocycles. The number of H-pyrrole nitrogens is 1. The molecule has 4 nitrogen and oxygen atoms in total. The van der Waals surface area contributed by atoms with Crippen molar-refractivity contribution in [3.05, 3.63) is 28.2 Å². The van der Waals surface area contributed by atoms with Crippen molar-refractivity contribution in [3.8, 4) is 11.8 Å². The predicted octanol–water partition coefficient (Wildman–Crippen LogP) is -0.0478. The fourth-order valence-electron chi connectivity index (χ4n) is 0.536. The zero-order valence-electron chi connectivity index (χ0n) is 4.96. The van der Waals surface area contributed by atoms with Crippen molar-refractivity contribution in [2.75, 3.05) is 0 Å². The van der Waals surface area contributed by atoms with Crippen molar-refractivity contribution >= 4 is 0 Å². The smallest absolute Gasteiger partial charge is 0.290 e. The molecule has 0 spiro atoms. The Labute approximate surface area is 56.4 Å². The molecule has 1 aromatic rings. The molecule has 0 aliphatic heterocycles. The topological polar surface area (TPSA) is 76.9 Å². The highest BCUT2D eigenvalue weighted by Gasteiger charge is 1.95. The summed E-state index contributed by atoms with van der Waals surface area (Å²) in [6.45, 7) is 0. The van der Waals surface area contributed by atoms with Crippen LogP contribution in [0.4, 0.5) is 0 Å². The molecule has 0 saturated heterocycles. The maximum atomic E-state index is 10.5. The largest absolute Gasteiger partial charge is 0.503 e. The number of nitrogens with zero attached hydrogens (tertiary/aromatic N) is 1. The van der Waals surface area contributed by atoms with E-state index in [1.807, 2.05) is 0 Å². The predicted molar refractivity (Wildman–Crippen MR) is 33.4 cm³/mol. The Bertz CT molecular complexity index is 334. The fourth-order valence-corrected chi connectivity index (χ4v) is 0.536. The summed E-state index contributed by atoms with van der Waals surface area (Å²) < 4.78 is 0. The second-order valence-corrected chi connectivity index (χ2v) is 1.71. The van der Waals surface area contributed by atoms with Crippen LogP contribution in [0.25, 0.3) is 0 Å². The van der Waals surface area contributed by atoms with E-state index >= 15 is 0 Å². The number of aromatic amines is 1. The number of hydrogen-bond donors (Lipinski definition) is 2. The molecule has 2 N–H and O–H groups in total. The third kappa shape index (κ3) is 0.977. The number of aromatic hydroxyl groups is 1. The molecule has 0 radical (unpaired) electrons. The van der Waals surface area contributed by atoms with E-state index in [9.17, 15) is 4.79 Å². The molecule has 0 fully saturated rings. The zero-order valence-corrected chi connectivity index (χ0v) is 4.96. The van der Waals surface area contributed by atoms with Gasteiger partial charge in [0.2, 0.25) is 0 Å². The minimum atomic E-state index is -0.584. The first-order chi connectivity index (χ1) is 4.74. The van der Waals surface area contributed by atoms with Gasteiger partial charge in [-0.2, -0.15) is 5.26 Å². The first-order valence-corrected chi connectivity index (χ1v) is 2.56. The number of rotatable bonds is 0. The maximum absolute atomic E-state index is 10.5. The van der Waals surface area contributed by atoms with E-state index in [1.54, 1.807) is 6.07 Å². The van der Waals surface area contributed by atoms with Gasteiger partial charge in [-0.15, -0.1) is 0 Å². The monoisotopic (exact) mass is 136 g/mol. The van der Waals surface area contributed by atoms with Crippen molar-refractivity contribution in [3.63, 3.8) is 0 Å². The van der Waals surface area contributed by atoms with Gasteiger partial charge in [-0.25, -0.2) is 0 Å². The molecular weight excluding hydrogens is 132 g/mol. The van der Waals surface area contributed by atoms with Gasteiger partial charge in [0.1, 0.15) is 6.07 Å². The quantitative estimate of drug-likeness (QED) is 0.525. The molecule has 1 rings (SSSR count). The summed E-state index contributed by atoms with van der Waals surface area (Å²) in [6.07, 6.45) is 1.24. The number of hydrogen-bond acceptors (Lipinski definition) is 3. The Hall–Kier alpha value is -1.76. The van der Waals surface area contributed by atoms with Crippen LogP contribution in [-0.2, 0) is 0 Å². The highest BCUT2D eigenvalue weighted by molar-refractivity contribution is 5.31. The fraction of sp³-hybridized carbons (Fsp3) is 0. The highest BCUT2D eigenvalue weighted by atomic mass is 16.3. The Morgan fingerprint density at radius 2 is 2.40 bits per heavy atom. The average molecular weight is 136 g/mol. The van der Waals surface area contributed by atoms with Gasteiger partial charge in [-0.1, -0.05) is 0 Å². The first-order valence-electron chi connectivity index (χ1n) is 2.56. The Kier molecular flexibility index (Phi) is 1.42. The second-order valence-electron chi connectivity index (χ2n) is 1.71. The summed E-state index contributed by atoms with van der Waals surface area (Å²) in [5.41, 5.74) is -0.351. The molecular formula is C6H4N2O2. The summed E-state index contributed by atoms with van der Waals surface area (Å²) in [4.78, 5) is 12.7. The van der Waals surface area contributed by atoms with Gasteiger partial charge >= 0.3 is 0 Å². The van der Waals surface area contributed by atoms with Crippen LogP contribution in [0.3, 0.4) is 0 Å². The lowest BCUT2D eigenvalue weighted by Gasteiger charge is -1.88. The van der Waals surface area contributed by atoms with Gasteiger partial charge in [0.15, 0.2) is 5.75 Å². The van der Waals surface area contributed by atoms with Crippen molar-refractivity contribution in [1.82, 2.24) is 4.98 Å². The third-order valence-corrected chi connectivity index (χ3v) is 1.01. The number of nitrogens with one attached hydrogen (secondary N) is 1. The van der Waals surface area contributed by atoms with Crippen LogP contribution in [0, 0.1) is 11.3 Å². The summed E-state index contributed by atoms with van der Waals surface area (Å²) in [7, 11) is 0. The van der Waals surface area contributed by atoms with Crippen LogP contribution in [0.15, 0.2) is 17.1 Å². The molecule has 0 unspecified atom stereocenters. The average Bonchev–Trinajstić information content (AvgIpc) is 1.95. The Morgan fingerprint density at radius 1 is 1.70 bits per heavy atom. The number of nitriles is 1. The van der Waals surface area contributed by atoms with Crippen LogP contribution >= 0.6 is 0 Å². The summed E-state index contributed by atoms with van der Waals surface area (Å²) in [6, 6.07) is 2.87. The first kappa shape index (κ1) is 6.36. The van der Waals surface area contributed by atoms with Gasteiger partial charge < -0.3 is 10.1 Å². The van der Waals surface area contributed by atoms with E-state index in [-0.39, 0.29) is 5.56 Å².